The minimum absolute atomic E-state index is 0.0429. The average molecular weight is 430 g/mol. The Kier molecular flexibility index (Phi) is 4.59. The van der Waals surface area contributed by atoms with Crippen LogP contribution in [0, 0.1) is 6.92 Å². The van der Waals surface area contributed by atoms with Crippen molar-refractivity contribution >= 4 is 20.6 Å². The van der Waals surface area contributed by atoms with Gasteiger partial charge < -0.3 is 0 Å². The number of hydrogen-bond donors (Lipinski definition) is 0. The molecular weight excluding hydrogens is 406 g/mol. The molecule has 1 unspecified atom stereocenters. The van der Waals surface area contributed by atoms with E-state index in [0.717, 1.165) is 33.0 Å². The molecule has 5 rings (SSSR count). The van der Waals surface area contributed by atoms with Gasteiger partial charge in [0, 0.05) is 17.7 Å². The maximum absolute atomic E-state index is 13.2. The summed E-state index contributed by atoms with van der Waals surface area (Å²) in [7, 11) is -3.56. The topological polar surface area (TPSA) is 56.1 Å². The highest BCUT2D eigenvalue weighted by Gasteiger charge is 2.37. The number of aryl methyl sites for hydroxylation is 1. The first kappa shape index (κ1) is 19.8. The quantitative estimate of drug-likeness (QED) is 0.465. The summed E-state index contributed by atoms with van der Waals surface area (Å²) < 4.78 is 27.8. The predicted octanol–water partition coefficient (Wildman–Crippen LogP) is 4.92. The molecule has 31 heavy (non-hydrogen) atoms. The highest BCUT2D eigenvalue weighted by molar-refractivity contribution is 7.91. The van der Waals surface area contributed by atoms with Crippen molar-refractivity contribution in [3.63, 3.8) is 0 Å². The third-order valence-corrected chi connectivity index (χ3v) is 7.96. The third-order valence-electron chi connectivity index (χ3n) is 6.05. The zero-order valence-electron chi connectivity index (χ0n) is 17.5. The zero-order chi connectivity index (χ0) is 21.8. The number of hydrogen-bond acceptors (Lipinski definition) is 3. The van der Waals surface area contributed by atoms with Gasteiger partial charge in [0.25, 0.3) is 5.56 Å². The van der Waals surface area contributed by atoms with Crippen LogP contribution >= 0.6 is 0 Å². The fraction of sp³-hybridized carbons (Fsp3) is 0.192. The van der Waals surface area contributed by atoms with Gasteiger partial charge in [-0.25, -0.2) is 8.42 Å². The lowest BCUT2D eigenvalue weighted by Gasteiger charge is -2.17. The largest absolute Gasteiger partial charge is 0.295 e. The van der Waals surface area contributed by atoms with Gasteiger partial charge in [-0.3, -0.25) is 9.36 Å². The lowest BCUT2D eigenvalue weighted by Crippen LogP contribution is -2.23. The first-order chi connectivity index (χ1) is 14.8. The Hall–Kier alpha value is -3.18. The number of pyridine rings is 1. The van der Waals surface area contributed by atoms with Gasteiger partial charge in [0.1, 0.15) is 5.03 Å². The Morgan fingerprint density at radius 2 is 1.68 bits per heavy atom. The third kappa shape index (κ3) is 3.29. The molecule has 0 amide bonds. The second-order valence-electron chi connectivity index (χ2n) is 8.37. The van der Waals surface area contributed by atoms with E-state index in [1.807, 2.05) is 55.5 Å². The lowest BCUT2D eigenvalue weighted by molar-refractivity contribution is 0.564. The molecule has 4 nitrogen and oxygen atoms in total. The molecule has 1 aromatic heterocycles. The molecule has 0 fully saturated rings. The van der Waals surface area contributed by atoms with Crippen molar-refractivity contribution < 1.29 is 8.42 Å². The van der Waals surface area contributed by atoms with E-state index in [4.69, 9.17) is 0 Å². The number of fused-ring (bicyclic) bond motifs is 2. The molecule has 0 saturated carbocycles. The van der Waals surface area contributed by atoms with Gasteiger partial charge in [0.2, 0.25) is 0 Å². The molecule has 2 heterocycles. The second-order valence-corrected chi connectivity index (χ2v) is 10.3. The summed E-state index contributed by atoms with van der Waals surface area (Å²) in [5.41, 5.74) is 4.09. The van der Waals surface area contributed by atoms with Crippen LogP contribution in [0.4, 0.5) is 0 Å². The van der Waals surface area contributed by atoms with E-state index >= 15 is 0 Å². The van der Waals surface area contributed by atoms with Crippen LogP contribution in [-0.2, 0) is 16.3 Å². The molecule has 0 radical (unpaired) electrons. The maximum Gasteiger partial charge on any atom is 0.252 e. The summed E-state index contributed by atoms with van der Waals surface area (Å²) in [6, 6.07) is 23.3. The monoisotopic (exact) mass is 429 g/mol. The summed E-state index contributed by atoms with van der Waals surface area (Å²) in [5.74, 6) is -0.0429. The number of benzene rings is 3. The Balaban J connectivity index is 1.82. The molecule has 0 saturated heterocycles. The smallest absolute Gasteiger partial charge is 0.252 e. The summed E-state index contributed by atoms with van der Waals surface area (Å²) in [6.07, 6.45) is 0.484. The first-order valence-corrected chi connectivity index (χ1v) is 12.1. The molecule has 5 heteroatoms. The van der Waals surface area contributed by atoms with Gasteiger partial charge in [-0.1, -0.05) is 72.3 Å². The second kappa shape index (κ2) is 7.20. The average Bonchev–Trinajstić information content (AvgIpc) is 2.97. The van der Waals surface area contributed by atoms with Crippen molar-refractivity contribution in [3.05, 3.63) is 99.8 Å². The molecule has 0 bridgehead atoms. The van der Waals surface area contributed by atoms with Gasteiger partial charge in [0.05, 0.1) is 5.75 Å². The fourth-order valence-electron chi connectivity index (χ4n) is 4.74. The van der Waals surface area contributed by atoms with Crippen LogP contribution in [0.15, 0.2) is 82.6 Å². The van der Waals surface area contributed by atoms with Crippen LogP contribution in [0.25, 0.3) is 21.9 Å². The molecule has 0 N–H and O–H groups in total. The van der Waals surface area contributed by atoms with E-state index in [1.54, 1.807) is 13.0 Å². The zero-order valence-corrected chi connectivity index (χ0v) is 18.3. The summed E-state index contributed by atoms with van der Waals surface area (Å²) in [4.78, 5) is 13.0. The number of nitrogens with zero attached hydrogens (tertiary/aromatic N) is 1. The molecule has 156 valence electrons. The highest BCUT2D eigenvalue weighted by Crippen LogP contribution is 2.38. The standard InChI is InChI=1S/C26H23NO3S/c1-17-7-5-11-21(13-17)25-22(14-20-10-6-9-19-8-3-4-12-23(19)20)15-24(28)27-18(2)16-31(29,30)26(25)27/h3-13,15,18H,14,16H2,1-2H3. The van der Waals surface area contributed by atoms with Crippen LogP contribution in [-0.4, -0.2) is 18.7 Å². The van der Waals surface area contributed by atoms with Crippen LogP contribution in [0.3, 0.4) is 0 Å². The fourth-order valence-corrected chi connectivity index (χ4v) is 6.81. The molecule has 4 aromatic rings. The SMILES string of the molecule is Cc1cccc(-c2c(Cc3cccc4ccccc34)cc(=O)n3c2S(=O)(=O)CC3C)c1. The van der Waals surface area contributed by atoms with E-state index in [2.05, 4.69) is 18.2 Å². The van der Waals surface area contributed by atoms with Crippen LogP contribution < -0.4 is 5.56 Å². The lowest BCUT2D eigenvalue weighted by atomic mass is 9.93. The Morgan fingerprint density at radius 3 is 2.48 bits per heavy atom. The van der Waals surface area contributed by atoms with E-state index in [-0.39, 0.29) is 22.4 Å². The summed E-state index contributed by atoms with van der Waals surface area (Å²) >= 11 is 0. The molecule has 0 aliphatic carbocycles. The maximum atomic E-state index is 13.2. The van der Waals surface area contributed by atoms with Gasteiger partial charge in [0.15, 0.2) is 9.84 Å². The van der Waals surface area contributed by atoms with E-state index in [1.165, 1.54) is 4.57 Å². The van der Waals surface area contributed by atoms with Gasteiger partial charge in [-0.15, -0.1) is 0 Å². The molecule has 1 aliphatic heterocycles. The number of aromatic nitrogens is 1. The molecule has 0 spiro atoms. The Morgan fingerprint density at radius 1 is 0.935 bits per heavy atom. The van der Waals surface area contributed by atoms with E-state index in [9.17, 15) is 13.2 Å². The number of sulfone groups is 1. The predicted molar refractivity (Wildman–Crippen MR) is 124 cm³/mol. The molecule has 1 atom stereocenters. The minimum atomic E-state index is -3.56. The first-order valence-electron chi connectivity index (χ1n) is 10.4. The van der Waals surface area contributed by atoms with Crippen molar-refractivity contribution in [3.8, 4) is 11.1 Å². The normalized spacial score (nSPS) is 17.0. The highest BCUT2D eigenvalue weighted by atomic mass is 32.2. The van der Waals surface area contributed by atoms with Crippen LogP contribution in [0.1, 0.15) is 29.7 Å². The summed E-state index contributed by atoms with van der Waals surface area (Å²) in [5, 5.41) is 2.39. The van der Waals surface area contributed by atoms with Gasteiger partial charge in [-0.2, -0.15) is 0 Å². The van der Waals surface area contributed by atoms with Crippen molar-refractivity contribution in [2.45, 2.75) is 31.3 Å². The van der Waals surface area contributed by atoms with Crippen molar-refractivity contribution in [1.29, 1.82) is 0 Å². The molecule has 3 aromatic carbocycles. The Labute approximate surface area is 181 Å². The molecule has 1 aliphatic rings. The van der Waals surface area contributed by atoms with Crippen molar-refractivity contribution in [2.75, 3.05) is 5.75 Å². The van der Waals surface area contributed by atoms with Gasteiger partial charge in [-0.05, 0) is 47.7 Å². The van der Waals surface area contributed by atoms with Crippen LogP contribution in [0.2, 0.25) is 0 Å². The van der Waals surface area contributed by atoms with Crippen LogP contribution in [0.5, 0.6) is 0 Å². The van der Waals surface area contributed by atoms with Gasteiger partial charge >= 0.3 is 0 Å². The minimum Gasteiger partial charge on any atom is -0.295 e. The van der Waals surface area contributed by atoms with E-state index < -0.39 is 9.84 Å². The number of rotatable bonds is 3. The van der Waals surface area contributed by atoms with Crippen molar-refractivity contribution in [2.24, 2.45) is 0 Å². The summed E-state index contributed by atoms with van der Waals surface area (Å²) in [6.45, 7) is 3.78. The van der Waals surface area contributed by atoms with Crippen molar-refractivity contribution in [1.82, 2.24) is 4.57 Å². The van der Waals surface area contributed by atoms with E-state index in [0.29, 0.717) is 12.0 Å². The molecular formula is C26H23NO3S. The Bertz CT molecular complexity index is 1490.